The van der Waals surface area contributed by atoms with E-state index in [-0.39, 0.29) is 18.6 Å². The summed E-state index contributed by atoms with van der Waals surface area (Å²) in [5.41, 5.74) is 1.33. The minimum Gasteiger partial charge on any atom is -0.497 e. The lowest BCUT2D eigenvalue weighted by Crippen LogP contribution is -2.33. The molecule has 0 aliphatic rings. The van der Waals surface area contributed by atoms with E-state index in [2.05, 4.69) is 22.5 Å². The molecule has 2 aromatic rings. The number of hydrogen-bond acceptors (Lipinski definition) is 5. The lowest BCUT2D eigenvalue weighted by atomic mass is 9.94. The highest BCUT2D eigenvalue weighted by Crippen LogP contribution is 2.20. The summed E-state index contributed by atoms with van der Waals surface area (Å²) >= 11 is 0. The molecule has 6 heteroatoms. The highest BCUT2D eigenvalue weighted by atomic mass is 16.6. The number of benzene rings is 2. The molecule has 0 aliphatic carbocycles. The van der Waals surface area contributed by atoms with Crippen molar-refractivity contribution < 1.29 is 19.4 Å². The smallest absolute Gasteiger partial charge is 0.407 e. The predicted molar refractivity (Wildman–Crippen MR) is 132 cm³/mol. The molecule has 3 N–H and O–H groups in total. The molecular formula is C27H36N2O4. The molecule has 6 nitrogen and oxygen atoms in total. The van der Waals surface area contributed by atoms with E-state index in [1.54, 1.807) is 7.11 Å². The van der Waals surface area contributed by atoms with Gasteiger partial charge in [-0.05, 0) is 70.0 Å². The van der Waals surface area contributed by atoms with E-state index >= 15 is 0 Å². The summed E-state index contributed by atoms with van der Waals surface area (Å²) < 4.78 is 10.5. The number of unbranched alkanes of at least 4 members (excludes halogenated alkanes) is 1. The first-order valence-electron chi connectivity index (χ1n) is 11.4. The fraction of sp³-hybridized carbons (Fsp3) is 0.444. The van der Waals surface area contributed by atoms with Gasteiger partial charge in [0.1, 0.15) is 11.4 Å². The van der Waals surface area contributed by atoms with Crippen LogP contribution >= 0.6 is 0 Å². The van der Waals surface area contributed by atoms with Crippen LogP contribution in [-0.4, -0.2) is 43.1 Å². The summed E-state index contributed by atoms with van der Waals surface area (Å²) in [7, 11) is 1.63. The largest absolute Gasteiger partial charge is 0.497 e. The fourth-order valence-electron chi connectivity index (χ4n) is 3.22. The molecule has 0 saturated heterocycles. The van der Waals surface area contributed by atoms with Crippen molar-refractivity contribution in [1.29, 1.82) is 0 Å². The number of methoxy groups -OCH3 is 1. The van der Waals surface area contributed by atoms with Crippen LogP contribution in [0.15, 0.2) is 54.6 Å². The third-order valence-electron chi connectivity index (χ3n) is 4.93. The standard InChI is InChI=1S/C27H36N2O4/c1-27(2,3)33-26(31)28-19-9-8-12-22(20-30)25(18-13-21-10-6-5-7-11-21)29-23-14-16-24(32-4)17-15-23/h5-7,10-11,14-17,22,25,29-30H,8-9,12,19-20H2,1-4H3,(H,28,31)/t22-,25+/m0/s1. The van der Waals surface area contributed by atoms with Gasteiger partial charge in [-0.15, -0.1) is 0 Å². The summed E-state index contributed by atoms with van der Waals surface area (Å²) in [6.45, 7) is 6.05. The highest BCUT2D eigenvalue weighted by Gasteiger charge is 2.19. The third kappa shape index (κ3) is 10.3. The SMILES string of the molecule is COc1ccc(N[C@H](C#Cc2ccccc2)[C@H](CO)CCCCNC(=O)OC(C)(C)C)cc1. The first-order chi connectivity index (χ1) is 15.8. The van der Waals surface area contributed by atoms with Gasteiger partial charge in [-0.2, -0.15) is 0 Å². The fourth-order valence-corrected chi connectivity index (χ4v) is 3.22. The lowest BCUT2D eigenvalue weighted by molar-refractivity contribution is 0.0526. The first kappa shape index (κ1) is 26.1. The number of anilines is 1. The number of rotatable bonds is 10. The second kappa shape index (κ2) is 13.4. The van der Waals surface area contributed by atoms with E-state index in [4.69, 9.17) is 9.47 Å². The second-order valence-electron chi connectivity index (χ2n) is 8.85. The summed E-state index contributed by atoms with van der Waals surface area (Å²) in [5.74, 6) is 7.24. The van der Waals surface area contributed by atoms with Gasteiger partial charge in [-0.1, -0.05) is 36.5 Å². The Morgan fingerprint density at radius 3 is 2.36 bits per heavy atom. The molecule has 0 saturated carbocycles. The highest BCUT2D eigenvalue weighted by molar-refractivity contribution is 5.67. The Kier molecular flexibility index (Phi) is 10.6. The molecule has 0 bridgehead atoms. The summed E-state index contributed by atoms with van der Waals surface area (Å²) in [6.07, 6.45) is 1.99. The van der Waals surface area contributed by atoms with Crippen LogP contribution in [0.25, 0.3) is 0 Å². The van der Waals surface area contributed by atoms with Gasteiger partial charge in [0, 0.05) is 30.3 Å². The summed E-state index contributed by atoms with van der Waals surface area (Å²) in [6, 6.07) is 17.2. The van der Waals surface area contributed by atoms with Gasteiger partial charge in [0.15, 0.2) is 0 Å². The number of aliphatic hydroxyl groups excluding tert-OH is 1. The third-order valence-corrected chi connectivity index (χ3v) is 4.93. The zero-order chi connectivity index (χ0) is 24.1. The van der Waals surface area contributed by atoms with Crippen LogP contribution in [0.2, 0.25) is 0 Å². The maximum Gasteiger partial charge on any atom is 0.407 e. The van der Waals surface area contributed by atoms with Gasteiger partial charge in [0.25, 0.3) is 0 Å². The molecular weight excluding hydrogens is 416 g/mol. The van der Waals surface area contributed by atoms with Crippen LogP contribution in [0.4, 0.5) is 10.5 Å². The Bertz CT molecular complexity index is 896. The molecule has 0 heterocycles. The zero-order valence-electron chi connectivity index (χ0n) is 20.1. The maximum atomic E-state index is 11.8. The molecule has 178 valence electrons. The lowest BCUT2D eigenvalue weighted by Gasteiger charge is -2.24. The van der Waals surface area contributed by atoms with Gasteiger partial charge in [0.2, 0.25) is 0 Å². The number of carbonyl (C=O) groups excluding carboxylic acids is 1. The number of alkyl carbamates (subject to hydrolysis) is 1. The molecule has 0 radical (unpaired) electrons. The predicted octanol–water partition coefficient (Wildman–Crippen LogP) is 4.83. The second-order valence-corrected chi connectivity index (χ2v) is 8.85. The van der Waals surface area contributed by atoms with Crippen LogP contribution in [0.1, 0.15) is 45.6 Å². The minimum atomic E-state index is -0.510. The zero-order valence-corrected chi connectivity index (χ0v) is 20.1. The Morgan fingerprint density at radius 2 is 1.76 bits per heavy atom. The van der Waals surface area contributed by atoms with E-state index in [0.717, 1.165) is 36.3 Å². The van der Waals surface area contributed by atoms with Crippen molar-refractivity contribution >= 4 is 11.8 Å². The van der Waals surface area contributed by atoms with E-state index < -0.39 is 11.7 Å². The normalized spacial score (nSPS) is 12.6. The Morgan fingerprint density at radius 1 is 1.06 bits per heavy atom. The van der Waals surface area contributed by atoms with Gasteiger partial charge < -0.3 is 25.2 Å². The number of hydrogen-bond donors (Lipinski definition) is 3. The van der Waals surface area contributed by atoms with Gasteiger partial charge in [-0.25, -0.2) is 4.79 Å². The molecule has 2 rings (SSSR count). The molecule has 0 fully saturated rings. The molecule has 0 unspecified atom stereocenters. The molecule has 2 atom stereocenters. The quantitative estimate of drug-likeness (QED) is 0.355. The minimum absolute atomic E-state index is 0.0107. The maximum absolute atomic E-state index is 11.8. The Hall–Kier alpha value is -3.17. The molecule has 33 heavy (non-hydrogen) atoms. The van der Waals surface area contributed by atoms with Gasteiger partial charge >= 0.3 is 6.09 Å². The molecule has 0 aromatic heterocycles. The van der Waals surface area contributed by atoms with Gasteiger partial charge in [-0.3, -0.25) is 0 Å². The number of aliphatic hydroxyl groups is 1. The Labute approximate surface area is 197 Å². The number of ether oxygens (including phenoxy) is 2. The van der Waals surface area contributed by atoms with Crippen LogP contribution in [0.3, 0.4) is 0 Å². The number of amides is 1. The summed E-state index contributed by atoms with van der Waals surface area (Å²) in [4.78, 5) is 11.8. The molecule has 0 spiro atoms. The average molecular weight is 453 g/mol. The molecule has 2 aromatic carbocycles. The van der Waals surface area contributed by atoms with Crippen molar-refractivity contribution in [2.75, 3.05) is 25.6 Å². The van der Waals surface area contributed by atoms with E-state index in [1.165, 1.54) is 0 Å². The topological polar surface area (TPSA) is 79.8 Å². The van der Waals surface area contributed by atoms with Crippen molar-refractivity contribution in [2.45, 2.75) is 51.7 Å². The first-order valence-corrected chi connectivity index (χ1v) is 11.4. The van der Waals surface area contributed by atoms with Gasteiger partial charge in [0.05, 0.1) is 13.2 Å². The number of nitrogens with one attached hydrogen (secondary N) is 2. The van der Waals surface area contributed by atoms with Crippen molar-refractivity contribution in [2.24, 2.45) is 5.92 Å². The van der Waals surface area contributed by atoms with E-state index in [1.807, 2.05) is 75.4 Å². The monoisotopic (exact) mass is 452 g/mol. The van der Waals surface area contributed by atoms with Crippen molar-refractivity contribution in [1.82, 2.24) is 5.32 Å². The van der Waals surface area contributed by atoms with Crippen molar-refractivity contribution in [3.8, 4) is 17.6 Å². The summed E-state index contributed by atoms with van der Waals surface area (Å²) in [5, 5.41) is 16.3. The molecule has 0 aliphatic heterocycles. The van der Waals surface area contributed by atoms with Crippen LogP contribution < -0.4 is 15.4 Å². The van der Waals surface area contributed by atoms with E-state index in [0.29, 0.717) is 6.54 Å². The van der Waals surface area contributed by atoms with Crippen LogP contribution in [-0.2, 0) is 4.74 Å². The van der Waals surface area contributed by atoms with Crippen LogP contribution in [0.5, 0.6) is 5.75 Å². The molecule has 1 amide bonds. The van der Waals surface area contributed by atoms with Crippen molar-refractivity contribution in [3.05, 3.63) is 60.2 Å². The van der Waals surface area contributed by atoms with Crippen molar-refractivity contribution in [3.63, 3.8) is 0 Å². The Balaban J connectivity index is 1.98. The van der Waals surface area contributed by atoms with Crippen LogP contribution in [0, 0.1) is 17.8 Å². The van der Waals surface area contributed by atoms with E-state index in [9.17, 15) is 9.90 Å². The average Bonchev–Trinajstić information content (AvgIpc) is 2.79. The number of carbonyl (C=O) groups is 1.